The minimum atomic E-state index is -0.317. The van der Waals surface area contributed by atoms with Crippen LogP contribution in [-0.4, -0.2) is 5.97 Å². The standard InChI is InChI=1S/C18H17NO2/c20-18(21-13-14-5-2-1-3-6-14)10-9-15-7-4-8-16-11-19-12-17(15)16/h1-10,19H,11-13H2/b10-9+. The highest BCUT2D eigenvalue weighted by Gasteiger charge is 2.12. The fraction of sp³-hybridized carbons (Fsp3) is 0.167. The van der Waals surface area contributed by atoms with Gasteiger partial charge in [-0.15, -0.1) is 0 Å². The number of rotatable bonds is 4. The summed E-state index contributed by atoms with van der Waals surface area (Å²) < 4.78 is 5.23. The van der Waals surface area contributed by atoms with Gasteiger partial charge in [-0.3, -0.25) is 0 Å². The van der Waals surface area contributed by atoms with Crippen LogP contribution in [0.1, 0.15) is 22.3 Å². The largest absolute Gasteiger partial charge is 0.458 e. The summed E-state index contributed by atoms with van der Waals surface area (Å²) >= 11 is 0. The van der Waals surface area contributed by atoms with Crippen molar-refractivity contribution in [2.24, 2.45) is 0 Å². The average Bonchev–Trinajstić information content (AvgIpc) is 3.01. The fourth-order valence-corrected chi connectivity index (χ4v) is 2.45. The third-order valence-electron chi connectivity index (χ3n) is 3.55. The highest BCUT2D eigenvalue weighted by molar-refractivity contribution is 5.87. The SMILES string of the molecule is O=C(/C=C/c1cccc2c1CNC2)OCc1ccccc1. The normalized spacial score (nSPS) is 13.3. The molecule has 3 nitrogen and oxygen atoms in total. The van der Waals surface area contributed by atoms with E-state index in [1.807, 2.05) is 48.5 Å². The third kappa shape index (κ3) is 3.38. The Morgan fingerprint density at radius 3 is 2.81 bits per heavy atom. The molecule has 1 aliphatic rings. The lowest BCUT2D eigenvalue weighted by Gasteiger charge is -2.03. The molecule has 2 aromatic carbocycles. The van der Waals surface area contributed by atoms with E-state index in [0.717, 1.165) is 24.2 Å². The van der Waals surface area contributed by atoms with Gasteiger partial charge in [-0.2, -0.15) is 0 Å². The summed E-state index contributed by atoms with van der Waals surface area (Å²) in [6.45, 7) is 2.06. The summed E-state index contributed by atoms with van der Waals surface area (Å²) in [5.41, 5.74) is 4.64. The lowest BCUT2D eigenvalue weighted by Crippen LogP contribution is -2.01. The van der Waals surface area contributed by atoms with E-state index >= 15 is 0 Å². The molecule has 3 heteroatoms. The predicted molar refractivity (Wildman–Crippen MR) is 82.3 cm³/mol. The Kier molecular flexibility index (Phi) is 4.12. The zero-order valence-corrected chi connectivity index (χ0v) is 11.7. The Balaban J connectivity index is 1.61. The monoisotopic (exact) mass is 279 g/mol. The molecule has 106 valence electrons. The Labute approximate surface area is 124 Å². The van der Waals surface area contributed by atoms with Gasteiger partial charge in [0.15, 0.2) is 0 Å². The predicted octanol–water partition coefficient (Wildman–Crippen LogP) is 3.05. The second kappa shape index (κ2) is 6.37. The molecule has 21 heavy (non-hydrogen) atoms. The maximum absolute atomic E-state index is 11.8. The summed E-state index contributed by atoms with van der Waals surface area (Å²) in [6.07, 6.45) is 3.33. The first-order valence-electron chi connectivity index (χ1n) is 7.03. The minimum absolute atomic E-state index is 0.304. The first-order chi connectivity index (χ1) is 10.3. The van der Waals surface area contributed by atoms with E-state index in [2.05, 4.69) is 11.4 Å². The van der Waals surface area contributed by atoms with Gasteiger partial charge in [0.2, 0.25) is 0 Å². The Hall–Kier alpha value is -2.39. The number of benzene rings is 2. The summed E-state index contributed by atoms with van der Waals surface area (Å²) in [5.74, 6) is -0.317. The molecule has 3 rings (SSSR count). The molecule has 1 heterocycles. The van der Waals surface area contributed by atoms with Crippen molar-refractivity contribution in [3.05, 3.63) is 76.9 Å². The molecule has 0 saturated carbocycles. The molecule has 0 aromatic heterocycles. The van der Waals surface area contributed by atoms with Crippen LogP contribution in [0.15, 0.2) is 54.6 Å². The molecule has 0 aliphatic carbocycles. The number of ether oxygens (including phenoxy) is 1. The van der Waals surface area contributed by atoms with Crippen LogP contribution in [0.25, 0.3) is 6.08 Å². The molecular weight excluding hydrogens is 262 g/mol. The Morgan fingerprint density at radius 1 is 1.10 bits per heavy atom. The quantitative estimate of drug-likeness (QED) is 0.690. The van der Waals surface area contributed by atoms with Gasteiger partial charge in [-0.05, 0) is 28.3 Å². The zero-order valence-electron chi connectivity index (χ0n) is 11.7. The first kappa shape index (κ1) is 13.6. The summed E-state index contributed by atoms with van der Waals surface area (Å²) in [5, 5.41) is 3.31. The van der Waals surface area contributed by atoms with E-state index < -0.39 is 0 Å². The van der Waals surface area contributed by atoms with E-state index in [4.69, 9.17) is 4.74 Å². The molecule has 0 spiro atoms. The van der Waals surface area contributed by atoms with Gasteiger partial charge in [-0.25, -0.2) is 4.79 Å². The Morgan fingerprint density at radius 2 is 1.95 bits per heavy atom. The average molecular weight is 279 g/mol. The second-order valence-electron chi connectivity index (χ2n) is 5.02. The molecule has 1 aliphatic heterocycles. The molecule has 1 N–H and O–H groups in total. The van der Waals surface area contributed by atoms with Gasteiger partial charge in [0.05, 0.1) is 0 Å². The van der Waals surface area contributed by atoms with E-state index in [0.29, 0.717) is 6.61 Å². The van der Waals surface area contributed by atoms with Crippen molar-refractivity contribution >= 4 is 12.0 Å². The molecular formula is C18H17NO2. The van der Waals surface area contributed by atoms with Crippen molar-refractivity contribution < 1.29 is 9.53 Å². The van der Waals surface area contributed by atoms with Crippen LogP contribution in [0.5, 0.6) is 0 Å². The lowest BCUT2D eigenvalue weighted by molar-refractivity contribution is -0.138. The van der Waals surface area contributed by atoms with Crippen LogP contribution in [-0.2, 0) is 29.2 Å². The van der Waals surface area contributed by atoms with Crippen molar-refractivity contribution in [1.82, 2.24) is 5.32 Å². The summed E-state index contributed by atoms with van der Waals surface area (Å²) in [4.78, 5) is 11.8. The number of carbonyl (C=O) groups is 1. The molecule has 0 saturated heterocycles. The topological polar surface area (TPSA) is 38.3 Å². The number of nitrogens with one attached hydrogen (secondary N) is 1. The molecule has 0 fully saturated rings. The van der Waals surface area contributed by atoms with Crippen molar-refractivity contribution in [3.8, 4) is 0 Å². The third-order valence-corrected chi connectivity index (χ3v) is 3.55. The van der Waals surface area contributed by atoms with Crippen molar-refractivity contribution in [2.45, 2.75) is 19.7 Å². The van der Waals surface area contributed by atoms with Crippen LogP contribution < -0.4 is 5.32 Å². The van der Waals surface area contributed by atoms with E-state index in [1.165, 1.54) is 17.2 Å². The molecule has 2 aromatic rings. The van der Waals surface area contributed by atoms with Crippen LogP contribution in [0.2, 0.25) is 0 Å². The van der Waals surface area contributed by atoms with Crippen LogP contribution >= 0.6 is 0 Å². The van der Waals surface area contributed by atoms with Crippen LogP contribution in [0.4, 0.5) is 0 Å². The zero-order chi connectivity index (χ0) is 14.5. The molecule has 0 atom stereocenters. The van der Waals surface area contributed by atoms with Gasteiger partial charge in [-0.1, -0.05) is 48.5 Å². The Bertz CT molecular complexity index is 662. The minimum Gasteiger partial charge on any atom is -0.458 e. The highest BCUT2D eigenvalue weighted by atomic mass is 16.5. The van der Waals surface area contributed by atoms with Crippen LogP contribution in [0.3, 0.4) is 0 Å². The maximum Gasteiger partial charge on any atom is 0.331 e. The van der Waals surface area contributed by atoms with Crippen LogP contribution in [0, 0.1) is 0 Å². The second-order valence-corrected chi connectivity index (χ2v) is 5.02. The van der Waals surface area contributed by atoms with Gasteiger partial charge >= 0.3 is 5.97 Å². The number of carbonyl (C=O) groups excluding carboxylic acids is 1. The number of esters is 1. The van der Waals surface area contributed by atoms with Crippen molar-refractivity contribution in [2.75, 3.05) is 0 Å². The molecule has 0 unspecified atom stereocenters. The van der Waals surface area contributed by atoms with Crippen molar-refractivity contribution in [3.63, 3.8) is 0 Å². The van der Waals surface area contributed by atoms with E-state index in [9.17, 15) is 4.79 Å². The number of fused-ring (bicyclic) bond motifs is 1. The van der Waals surface area contributed by atoms with Crippen molar-refractivity contribution in [1.29, 1.82) is 0 Å². The van der Waals surface area contributed by atoms with E-state index in [1.54, 1.807) is 0 Å². The van der Waals surface area contributed by atoms with Gasteiger partial charge < -0.3 is 10.1 Å². The number of hydrogen-bond donors (Lipinski definition) is 1. The smallest absolute Gasteiger partial charge is 0.331 e. The first-order valence-corrected chi connectivity index (χ1v) is 7.03. The molecule has 0 bridgehead atoms. The summed E-state index contributed by atoms with van der Waals surface area (Å²) in [6, 6.07) is 15.8. The maximum atomic E-state index is 11.8. The summed E-state index contributed by atoms with van der Waals surface area (Å²) in [7, 11) is 0. The van der Waals surface area contributed by atoms with Gasteiger partial charge in [0, 0.05) is 19.2 Å². The van der Waals surface area contributed by atoms with E-state index in [-0.39, 0.29) is 5.97 Å². The van der Waals surface area contributed by atoms with Gasteiger partial charge in [0.1, 0.15) is 6.61 Å². The fourth-order valence-electron chi connectivity index (χ4n) is 2.45. The molecule has 0 radical (unpaired) electrons. The highest BCUT2D eigenvalue weighted by Crippen LogP contribution is 2.20. The molecule has 0 amide bonds. The lowest BCUT2D eigenvalue weighted by atomic mass is 10.0. The number of hydrogen-bond acceptors (Lipinski definition) is 3. The van der Waals surface area contributed by atoms with Gasteiger partial charge in [0.25, 0.3) is 0 Å².